The van der Waals surface area contributed by atoms with Gasteiger partial charge in [-0.2, -0.15) is 0 Å². The number of aryl methyl sites for hydroxylation is 2. The molecule has 2 aliphatic rings. The van der Waals surface area contributed by atoms with Crippen LogP contribution in [0.2, 0.25) is 10.0 Å². The van der Waals surface area contributed by atoms with E-state index in [1.165, 1.54) is 11.3 Å². The Morgan fingerprint density at radius 1 is 0.976 bits per heavy atom. The molecule has 2 atom stereocenters. The minimum atomic E-state index is -1.07. The molecule has 0 radical (unpaired) electrons. The van der Waals surface area contributed by atoms with E-state index in [0.717, 1.165) is 55.2 Å². The van der Waals surface area contributed by atoms with Crippen molar-refractivity contribution in [2.75, 3.05) is 44.3 Å². The van der Waals surface area contributed by atoms with Crippen LogP contribution in [0, 0.1) is 13.8 Å². The number of anilines is 1. The maximum Gasteiger partial charge on any atom is 0.215 e. The fourth-order valence-corrected chi connectivity index (χ4v) is 6.52. The second kappa shape index (κ2) is 12.7. The molecule has 7 nitrogen and oxygen atoms in total. The van der Waals surface area contributed by atoms with Crippen LogP contribution in [0.3, 0.4) is 0 Å². The van der Waals surface area contributed by atoms with Gasteiger partial charge in [-0.3, -0.25) is 4.90 Å². The van der Waals surface area contributed by atoms with Crippen molar-refractivity contribution in [3.8, 4) is 5.75 Å². The van der Waals surface area contributed by atoms with Gasteiger partial charge in [-0.15, -0.1) is 0 Å². The first kappa shape index (κ1) is 29.0. The van der Waals surface area contributed by atoms with E-state index in [1.807, 2.05) is 16.8 Å². The van der Waals surface area contributed by atoms with E-state index in [1.54, 1.807) is 24.7 Å². The van der Waals surface area contributed by atoms with Gasteiger partial charge in [0.25, 0.3) is 0 Å². The Balaban J connectivity index is 1.08. The molecule has 3 heterocycles. The molecule has 9 heteroatoms. The summed E-state index contributed by atoms with van der Waals surface area (Å²) >= 11 is 12.8. The SMILES string of the molecule is Cc1cc(CN2CCN(c3ccccc3)CC2)cc(C)c1OC[C@@H]1CO[C@@](Cn2ccnc2)(c2ccc(Cl)cc2Cl)O1. The number of benzene rings is 3. The lowest BCUT2D eigenvalue weighted by atomic mass is 10.0. The third kappa shape index (κ3) is 6.46. The van der Waals surface area contributed by atoms with Gasteiger partial charge in [-0.25, -0.2) is 4.98 Å². The molecule has 0 aliphatic carbocycles. The van der Waals surface area contributed by atoms with E-state index in [9.17, 15) is 0 Å². The van der Waals surface area contributed by atoms with Crippen molar-refractivity contribution in [1.82, 2.24) is 14.5 Å². The van der Waals surface area contributed by atoms with Gasteiger partial charge in [0.05, 0.1) is 24.5 Å². The van der Waals surface area contributed by atoms with Gasteiger partial charge in [-0.1, -0.05) is 59.6 Å². The van der Waals surface area contributed by atoms with E-state index >= 15 is 0 Å². The molecule has 2 saturated heterocycles. The summed E-state index contributed by atoms with van der Waals surface area (Å²) in [6.07, 6.45) is 5.06. The Labute approximate surface area is 257 Å². The highest BCUT2D eigenvalue weighted by molar-refractivity contribution is 6.35. The highest BCUT2D eigenvalue weighted by Gasteiger charge is 2.45. The van der Waals surface area contributed by atoms with Gasteiger partial charge in [-0.05, 0) is 54.8 Å². The van der Waals surface area contributed by atoms with Crippen LogP contribution in [0.1, 0.15) is 22.3 Å². The van der Waals surface area contributed by atoms with Gasteiger partial charge < -0.3 is 23.7 Å². The van der Waals surface area contributed by atoms with Crippen molar-refractivity contribution in [1.29, 1.82) is 0 Å². The second-order valence-corrected chi connectivity index (χ2v) is 12.0. The zero-order valence-electron chi connectivity index (χ0n) is 24.0. The van der Waals surface area contributed by atoms with E-state index in [4.69, 9.17) is 37.4 Å². The lowest BCUT2D eigenvalue weighted by Crippen LogP contribution is -2.45. The number of hydrogen-bond donors (Lipinski definition) is 0. The maximum atomic E-state index is 6.61. The molecule has 0 bridgehead atoms. The van der Waals surface area contributed by atoms with Crippen LogP contribution in [-0.2, 0) is 28.4 Å². The fourth-order valence-electron chi connectivity index (χ4n) is 5.97. The molecule has 4 aromatic rings. The largest absolute Gasteiger partial charge is 0.490 e. The summed E-state index contributed by atoms with van der Waals surface area (Å²) < 4.78 is 21.2. The summed E-state index contributed by atoms with van der Waals surface area (Å²) in [6, 6.07) is 20.5. The predicted octanol–water partition coefficient (Wildman–Crippen LogP) is 6.48. The lowest BCUT2D eigenvalue weighted by Gasteiger charge is -2.36. The minimum absolute atomic E-state index is 0.278. The first-order valence-corrected chi connectivity index (χ1v) is 15.1. The van der Waals surface area contributed by atoms with Gasteiger partial charge in [0.15, 0.2) is 0 Å². The van der Waals surface area contributed by atoms with Gasteiger partial charge in [0.2, 0.25) is 5.79 Å². The molecule has 0 saturated carbocycles. The van der Waals surface area contributed by atoms with E-state index in [2.05, 4.69) is 71.1 Å². The molecular weight excluding hydrogens is 571 g/mol. The van der Waals surface area contributed by atoms with E-state index < -0.39 is 5.79 Å². The predicted molar refractivity (Wildman–Crippen MR) is 167 cm³/mol. The molecule has 3 aromatic carbocycles. The van der Waals surface area contributed by atoms with Gasteiger partial charge in [0, 0.05) is 61.4 Å². The molecule has 0 N–H and O–H groups in total. The molecule has 42 heavy (non-hydrogen) atoms. The number of piperazine rings is 1. The molecule has 0 amide bonds. The molecule has 0 spiro atoms. The molecule has 1 aromatic heterocycles. The summed E-state index contributed by atoms with van der Waals surface area (Å²) in [5, 5.41) is 1.05. The zero-order valence-corrected chi connectivity index (χ0v) is 25.5. The number of ether oxygens (including phenoxy) is 3. The Kier molecular flexibility index (Phi) is 8.75. The Morgan fingerprint density at radius 2 is 1.74 bits per heavy atom. The summed E-state index contributed by atoms with van der Waals surface area (Å²) in [6.45, 7) is 10.5. The average Bonchev–Trinajstić information content (AvgIpc) is 3.64. The van der Waals surface area contributed by atoms with Gasteiger partial charge >= 0.3 is 0 Å². The van der Waals surface area contributed by atoms with Crippen LogP contribution in [-0.4, -0.2) is 59.9 Å². The topological polar surface area (TPSA) is 52.0 Å². The van der Waals surface area contributed by atoms with E-state index in [-0.39, 0.29) is 6.10 Å². The third-order valence-corrected chi connectivity index (χ3v) is 8.53. The lowest BCUT2D eigenvalue weighted by molar-refractivity contribution is -0.189. The number of imidazole rings is 1. The Hall–Kier alpha value is -3.07. The number of aromatic nitrogens is 2. The number of halogens is 2. The number of hydrogen-bond acceptors (Lipinski definition) is 6. The van der Waals surface area contributed by atoms with Crippen molar-refractivity contribution in [2.24, 2.45) is 0 Å². The standard InChI is InChI=1S/C33H36Cl2N4O3/c1-24-16-26(19-37-12-14-39(15-13-37)28-6-4-3-5-7-28)17-25(2)32(24)40-20-29-21-41-33(42-29,22-38-11-10-36-23-38)30-9-8-27(34)18-31(30)35/h3-11,16-18,23,29H,12-15,19-22H2,1-2H3/t29-,33-/m1/s1. The van der Waals surface area contributed by atoms with Crippen LogP contribution < -0.4 is 9.64 Å². The summed E-state index contributed by atoms with van der Waals surface area (Å²) in [5.74, 6) is -0.178. The van der Waals surface area contributed by atoms with Crippen molar-refractivity contribution in [3.63, 3.8) is 0 Å². The molecular formula is C33H36Cl2N4O3. The molecule has 2 fully saturated rings. The second-order valence-electron chi connectivity index (χ2n) is 11.1. The Morgan fingerprint density at radius 3 is 2.43 bits per heavy atom. The minimum Gasteiger partial charge on any atom is -0.490 e. The third-order valence-electron chi connectivity index (χ3n) is 7.98. The highest BCUT2D eigenvalue weighted by atomic mass is 35.5. The number of nitrogens with zero attached hydrogens (tertiary/aromatic N) is 4. The van der Waals surface area contributed by atoms with E-state index in [0.29, 0.717) is 29.8 Å². The summed E-state index contributed by atoms with van der Waals surface area (Å²) in [4.78, 5) is 9.16. The van der Waals surface area contributed by atoms with Crippen LogP contribution in [0.4, 0.5) is 5.69 Å². The van der Waals surface area contributed by atoms with Crippen molar-refractivity contribution in [3.05, 3.63) is 112 Å². The first-order chi connectivity index (χ1) is 20.4. The fraction of sp³-hybridized carbons (Fsp3) is 0.364. The number of para-hydroxylation sites is 1. The van der Waals surface area contributed by atoms with Crippen molar-refractivity contribution in [2.45, 2.75) is 38.8 Å². The average molecular weight is 608 g/mol. The van der Waals surface area contributed by atoms with Crippen LogP contribution >= 0.6 is 23.2 Å². The van der Waals surface area contributed by atoms with Crippen LogP contribution in [0.5, 0.6) is 5.75 Å². The highest BCUT2D eigenvalue weighted by Crippen LogP contribution is 2.41. The summed E-state index contributed by atoms with van der Waals surface area (Å²) in [7, 11) is 0. The smallest absolute Gasteiger partial charge is 0.215 e. The van der Waals surface area contributed by atoms with Gasteiger partial charge in [0.1, 0.15) is 18.5 Å². The monoisotopic (exact) mass is 606 g/mol. The van der Waals surface area contributed by atoms with Crippen molar-refractivity contribution >= 4 is 28.9 Å². The summed E-state index contributed by atoms with van der Waals surface area (Å²) in [5.41, 5.74) is 5.58. The van der Waals surface area contributed by atoms with Crippen LogP contribution in [0.25, 0.3) is 0 Å². The van der Waals surface area contributed by atoms with Crippen molar-refractivity contribution < 1.29 is 14.2 Å². The maximum absolute atomic E-state index is 6.61. The quantitative estimate of drug-likeness (QED) is 0.217. The molecule has 220 valence electrons. The molecule has 0 unspecified atom stereocenters. The Bertz CT molecular complexity index is 1470. The number of rotatable bonds is 9. The normalized spacial score (nSPS) is 21.1. The zero-order chi connectivity index (χ0) is 29.1. The molecule has 2 aliphatic heterocycles. The van der Waals surface area contributed by atoms with Crippen LogP contribution in [0.15, 0.2) is 79.4 Å². The molecule has 6 rings (SSSR count). The first-order valence-electron chi connectivity index (χ1n) is 14.4.